The van der Waals surface area contributed by atoms with Crippen LogP contribution in [-0.2, 0) is 0 Å². The molecule has 0 fully saturated rings. The summed E-state index contributed by atoms with van der Waals surface area (Å²) >= 11 is 11.7. The number of anilines is 1. The molecule has 6 nitrogen and oxygen atoms in total. The molecule has 5 aromatic rings. The first-order chi connectivity index (χ1) is 15.5. The van der Waals surface area contributed by atoms with Gasteiger partial charge in [0.2, 0.25) is 5.89 Å². The van der Waals surface area contributed by atoms with E-state index in [-0.39, 0.29) is 10.9 Å². The molecule has 2 aromatic heterocycles. The molecule has 0 unspecified atom stereocenters. The van der Waals surface area contributed by atoms with Crippen molar-refractivity contribution in [2.75, 3.05) is 5.32 Å². The fourth-order valence-corrected chi connectivity index (χ4v) is 3.88. The minimum absolute atomic E-state index is 0.126. The number of halogens is 1. The molecule has 5 rings (SSSR count). The summed E-state index contributed by atoms with van der Waals surface area (Å²) in [6.45, 7) is 1.84. The third kappa shape index (κ3) is 3.72. The van der Waals surface area contributed by atoms with Crippen LogP contribution in [0.2, 0.25) is 5.02 Å². The second kappa shape index (κ2) is 8.11. The fraction of sp³-hybridized carbons (Fsp3) is 0.0417. The Labute approximate surface area is 193 Å². The summed E-state index contributed by atoms with van der Waals surface area (Å²) < 4.78 is 11.5. The minimum Gasteiger partial charge on any atom is -0.451 e. The molecule has 0 atom stereocenters. The molecule has 0 spiro atoms. The van der Waals surface area contributed by atoms with Crippen LogP contribution in [0, 0.1) is 6.92 Å². The van der Waals surface area contributed by atoms with Crippen LogP contribution in [0.1, 0.15) is 16.1 Å². The van der Waals surface area contributed by atoms with Crippen LogP contribution in [0.4, 0.5) is 5.69 Å². The maximum atomic E-state index is 12.7. The first kappa shape index (κ1) is 20.2. The Hall–Kier alpha value is -3.68. The topological polar surface area (TPSA) is 80.3 Å². The maximum absolute atomic E-state index is 12.7. The van der Waals surface area contributed by atoms with Gasteiger partial charge in [-0.3, -0.25) is 10.1 Å². The van der Waals surface area contributed by atoms with Crippen molar-refractivity contribution in [2.45, 2.75) is 6.92 Å². The van der Waals surface area contributed by atoms with Gasteiger partial charge in [-0.05, 0) is 55.5 Å². The van der Waals surface area contributed by atoms with Gasteiger partial charge >= 0.3 is 0 Å². The second-order valence-electron chi connectivity index (χ2n) is 7.14. The molecular formula is C24H16ClN3O3S. The van der Waals surface area contributed by atoms with E-state index in [1.54, 1.807) is 18.2 Å². The van der Waals surface area contributed by atoms with Gasteiger partial charge in [0.25, 0.3) is 5.91 Å². The number of hydrogen-bond donors (Lipinski definition) is 2. The molecule has 0 bridgehead atoms. The predicted octanol–water partition coefficient (Wildman–Crippen LogP) is 6.33. The number of nitrogens with zero attached hydrogens (tertiary/aromatic N) is 1. The SMILES string of the molecule is Cc1c(C(=O)NC(=S)Nc2ccc(Cl)c(-c3nc4ccccc4o3)c2)oc2ccccc12. The number of carbonyl (C=O) groups excluding carboxylic acids is 1. The predicted molar refractivity (Wildman–Crippen MR) is 129 cm³/mol. The average molecular weight is 462 g/mol. The van der Waals surface area contributed by atoms with E-state index < -0.39 is 5.91 Å². The van der Waals surface area contributed by atoms with Crippen molar-refractivity contribution < 1.29 is 13.6 Å². The van der Waals surface area contributed by atoms with Crippen molar-refractivity contribution in [3.8, 4) is 11.5 Å². The van der Waals surface area contributed by atoms with Gasteiger partial charge in [-0.1, -0.05) is 41.9 Å². The fourth-order valence-electron chi connectivity index (χ4n) is 3.47. The van der Waals surface area contributed by atoms with Crippen molar-refractivity contribution in [3.05, 3.63) is 83.1 Å². The molecule has 1 amide bonds. The van der Waals surface area contributed by atoms with Crippen molar-refractivity contribution in [2.24, 2.45) is 0 Å². The molecule has 158 valence electrons. The third-order valence-electron chi connectivity index (χ3n) is 5.03. The lowest BCUT2D eigenvalue weighted by Gasteiger charge is -2.10. The Morgan fingerprint density at radius 1 is 1.00 bits per heavy atom. The summed E-state index contributed by atoms with van der Waals surface area (Å²) in [5.74, 6) is 0.190. The molecule has 0 aliphatic heterocycles. The van der Waals surface area contributed by atoms with E-state index in [1.165, 1.54) is 0 Å². The zero-order chi connectivity index (χ0) is 22.2. The Morgan fingerprint density at radius 2 is 1.75 bits per heavy atom. The monoisotopic (exact) mass is 461 g/mol. The Kier molecular flexibility index (Phi) is 5.13. The van der Waals surface area contributed by atoms with Gasteiger partial charge in [-0.2, -0.15) is 0 Å². The second-order valence-corrected chi connectivity index (χ2v) is 7.96. The number of nitrogens with one attached hydrogen (secondary N) is 2. The first-order valence-electron chi connectivity index (χ1n) is 9.75. The number of benzene rings is 3. The Morgan fingerprint density at radius 3 is 2.53 bits per heavy atom. The number of para-hydroxylation sites is 3. The number of aromatic nitrogens is 1. The average Bonchev–Trinajstić information content (AvgIpc) is 3.36. The number of fused-ring (bicyclic) bond motifs is 2. The number of furan rings is 1. The maximum Gasteiger partial charge on any atom is 0.293 e. The first-order valence-corrected chi connectivity index (χ1v) is 10.5. The summed E-state index contributed by atoms with van der Waals surface area (Å²) in [6, 6.07) is 20.2. The highest BCUT2D eigenvalue weighted by molar-refractivity contribution is 7.80. The van der Waals surface area contributed by atoms with Crippen LogP contribution in [-0.4, -0.2) is 16.0 Å². The molecule has 32 heavy (non-hydrogen) atoms. The van der Waals surface area contributed by atoms with Gasteiger partial charge in [0.05, 0.1) is 10.6 Å². The lowest BCUT2D eigenvalue weighted by Crippen LogP contribution is -2.34. The molecule has 8 heteroatoms. The lowest BCUT2D eigenvalue weighted by molar-refractivity contribution is 0.0952. The molecule has 0 saturated carbocycles. The van der Waals surface area contributed by atoms with E-state index in [1.807, 2.05) is 55.5 Å². The van der Waals surface area contributed by atoms with Crippen molar-refractivity contribution in [3.63, 3.8) is 0 Å². The van der Waals surface area contributed by atoms with Gasteiger partial charge in [0, 0.05) is 16.6 Å². The van der Waals surface area contributed by atoms with Gasteiger partial charge < -0.3 is 14.2 Å². The zero-order valence-electron chi connectivity index (χ0n) is 16.8. The smallest absolute Gasteiger partial charge is 0.293 e. The summed E-state index contributed by atoms with van der Waals surface area (Å²) in [5.41, 5.74) is 4.04. The van der Waals surface area contributed by atoms with Crippen LogP contribution in [0.5, 0.6) is 0 Å². The van der Waals surface area contributed by atoms with Gasteiger partial charge in [-0.25, -0.2) is 4.98 Å². The largest absolute Gasteiger partial charge is 0.451 e. The van der Waals surface area contributed by atoms with Gasteiger partial charge in [0.15, 0.2) is 16.5 Å². The number of rotatable bonds is 3. The van der Waals surface area contributed by atoms with Crippen molar-refractivity contribution in [1.82, 2.24) is 10.3 Å². The lowest BCUT2D eigenvalue weighted by atomic mass is 10.1. The molecule has 3 aromatic carbocycles. The number of aryl methyl sites for hydroxylation is 1. The van der Waals surface area contributed by atoms with Crippen molar-refractivity contribution >= 4 is 62.6 Å². The quantitative estimate of drug-likeness (QED) is 0.305. The molecule has 0 saturated heterocycles. The highest BCUT2D eigenvalue weighted by atomic mass is 35.5. The van der Waals surface area contributed by atoms with Crippen LogP contribution in [0.25, 0.3) is 33.5 Å². The van der Waals surface area contributed by atoms with Gasteiger partial charge in [-0.15, -0.1) is 0 Å². The number of thiocarbonyl (C=S) groups is 1. The summed E-state index contributed by atoms with van der Waals surface area (Å²) in [7, 11) is 0. The Bertz CT molecular complexity index is 1470. The van der Waals surface area contributed by atoms with E-state index in [2.05, 4.69) is 15.6 Å². The van der Waals surface area contributed by atoms with Crippen LogP contribution in [0.3, 0.4) is 0 Å². The van der Waals surface area contributed by atoms with E-state index >= 15 is 0 Å². The minimum atomic E-state index is -0.427. The number of amides is 1. The molecular weight excluding hydrogens is 446 g/mol. The molecule has 0 radical (unpaired) electrons. The third-order valence-corrected chi connectivity index (χ3v) is 5.56. The number of oxazole rings is 1. The van der Waals surface area contributed by atoms with Crippen molar-refractivity contribution in [1.29, 1.82) is 0 Å². The van der Waals surface area contributed by atoms with Gasteiger partial charge in [0.1, 0.15) is 11.1 Å². The Balaban J connectivity index is 1.35. The van der Waals surface area contributed by atoms with E-state index in [9.17, 15) is 4.79 Å². The highest BCUT2D eigenvalue weighted by Gasteiger charge is 2.19. The highest BCUT2D eigenvalue weighted by Crippen LogP contribution is 2.32. The molecule has 2 N–H and O–H groups in total. The number of carbonyl (C=O) groups is 1. The number of hydrogen-bond acceptors (Lipinski definition) is 5. The van der Waals surface area contributed by atoms with Crippen LogP contribution >= 0.6 is 23.8 Å². The molecule has 0 aliphatic rings. The normalized spacial score (nSPS) is 11.1. The molecule has 2 heterocycles. The molecule has 0 aliphatic carbocycles. The van der Waals surface area contributed by atoms with E-state index in [0.717, 1.165) is 16.5 Å². The van der Waals surface area contributed by atoms with Crippen LogP contribution in [0.15, 0.2) is 75.6 Å². The summed E-state index contributed by atoms with van der Waals surface area (Å²) in [6.07, 6.45) is 0. The standard InChI is InChI=1S/C24H16ClN3O3S/c1-13-15-6-2-4-8-19(15)30-21(13)22(29)28-24(32)26-14-10-11-17(25)16(12-14)23-27-18-7-3-5-9-20(18)31-23/h2-12H,1H3,(H2,26,28,29,32). The zero-order valence-corrected chi connectivity index (χ0v) is 18.4. The van der Waals surface area contributed by atoms with E-state index in [0.29, 0.717) is 33.3 Å². The summed E-state index contributed by atoms with van der Waals surface area (Å²) in [5, 5.41) is 7.15. The van der Waals surface area contributed by atoms with Crippen LogP contribution < -0.4 is 10.6 Å². The van der Waals surface area contributed by atoms with E-state index in [4.69, 9.17) is 32.7 Å². The summed E-state index contributed by atoms with van der Waals surface area (Å²) in [4.78, 5) is 17.2.